The van der Waals surface area contributed by atoms with Crippen molar-refractivity contribution in [2.45, 2.75) is 18.9 Å². The van der Waals surface area contributed by atoms with Crippen molar-refractivity contribution < 1.29 is 9.53 Å². The van der Waals surface area contributed by atoms with E-state index in [0.717, 1.165) is 49.3 Å². The molecule has 5 rings (SSSR count). The number of hydrogen-bond acceptors (Lipinski definition) is 4. The largest absolute Gasteiger partial charge is 0.467 e. The zero-order chi connectivity index (χ0) is 18.6. The average molecular weight is 362 g/mol. The molecule has 0 saturated carbocycles. The molecule has 2 aromatic carbocycles. The van der Waals surface area contributed by atoms with Crippen LogP contribution in [0.2, 0.25) is 0 Å². The molecule has 2 aromatic rings. The van der Waals surface area contributed by atoms with Gasteiger partial charge in [0.2, 0.25) is 0 Å². The van der Waals surface area contributed by atoms with Crippen molar-refractivity contribution >= 4 is 11.7 Å². The molecule has 4 heteroatoms. The van der Waals surface area contributed by atoms with Crippen molar-refractivity contribution in [1.82, 2.24) is 4.90 Å². The van der Waals surface area contributed by atoms with Crippen LogP contribution in [0.25, 0.3) is 0 Å². The molecule has 3 fully saturated rings. The van der Waals surface area contributed by atoms with Gasteiger partial charge in [0.1, 0.15) is 0 Å². The molecule has 3 aliphatic heterocycles. The SMILES string of the molecule is COC(=O)C(N=C(c1ccccc1)c1ccccc1)C1CN2CCC1CC2. The highest BCUT2D eigenvalue weighted by Crippen LogP contribution is 2.36. The molecule has 0 spiro atoms. The van der Waals surface area contributed by atoms with Crippen LogP contribution < -0.4 is 0 Å². The van der Waals surface area contributed by atoms with Crippen LogP contribution in [0.15, 0.2) is 65.7 Å². The third-order valence-corrected chi connectivity index (χ3v) is 5.92. The molecular weight excluding hydrogens is 336 g/mol. The molecule has 3 heterocycles. The number of rotatable bonds is 5. The smallest absolute Gasteiger partial charge is 0.330 e. The quantitative estimate of drug-likeness (QED) is 0.605. The van der Waals surface area contributed by atoms with Crippen molar-refractivity contribution in [1.29, 1.82) is 0 Å². The number of benzene rings is 2. The van der Waals surface area contributed by atoms with Crippen LogP contribution >= 0.6 is 0 Å². The van der Waals surface area contributed by atoms with Crippen molar-refractivity contribution in [3.05, 3.63) is 71.8 Å². The van der Waals surface area contributed by atoms with Crippen LogP contribution in [0.3, 0.4) is 0 Å². The molecule has 0 N–H and O–H groups in total. The fourth-order valence-electron chi connectivity index (χ4n) is 4.46. The van der Waals surface area contributed by atoms with Crippen molar-refractivity contribution in [2.24, 2.45) is 16.8 Å². The summed E-state index contributed by atoms with van der Waals surface area (Å²) in [5.41, 5.74) is 2.92. The van der Waals surface area contributed by atoms with Crippen LogP contribution in [0.4, 0.5) is 0 Å². The number of hydrogen-bond donors (Lipinski definition) is 0. The Morgan fingerprint density at radius 3 is 2.00 bits per heavy atom. The normalized spacial score (nSPS) is 24.9. The van der Waals surface area contributed by atoms with Crippen LogP contribution in [0, 0.1) is 11.8 Å². The molecule has 0 radical (unpaired) electrons. The molecule has 3 aliphatic rings. The molecule has 0 amide bonds. The Morgan fingerprint density at radius 1 is 1.00 bits per heavy atom. The number of nitrogens with zero attached hydrogens (tertiary/aromatic N) is 2. The van der Waals surface area contributed by atoms with E-state index in [9.17, 15) is 4.79 Å². The summed E-state index contributed by atoms with van der Waals surface area (Å²) in [5, 5.41) is 0. The molecule has 2 atom stereocenters. The molecule has 0 aromatic heterocycles. The first kappa shape index (κ1) is 17.9. The van der Waals surface area contributed by atoms with Gasteiger partial charge in [0.05, 0.1) is 12.8 Å². The van der Waals surface area contributed by atoms with Crippen LogP contribution in [-0.4, -0.2) is 49.4 Å². The first-order valence-electron chi connectivity index (χ1n) is 9.75. The Morgan fingerprint density at radius 2 is 1.56 bits per heavy atom. The summed E-state index contributed by atoms with van der Waals surface area (Å²) in [6.45, 7) is 3.22. The maximum atomic E-state index is 12.7. The second kappa shape index (κ2) is 8.05. The molecule has 27 heavy (non-hydrogen) atoms. The summed E-state index contributed by atoms with van der Waals surface area (Å²) in [6.07, 6.45) is 2.30. The van der Waals surface area contributed by atoms with Crippen molar-refractivity contribution in [2.75, 3.05) is 26.7 Å². The lowest BCUT2D eigenvalue weighted by Gasteiger charge is -2.46. The highest BCUT2D eigenvalue weighted by Gasteiger charge is 2.42. The number of ether oxygens (including phenoxy) is 1. The molecule has 140 valence electrons. The molecular formula is C23H26N2O2. The number of carbonyl (C=O) groups is 1. The maximum absolute atomic E-state index is 12.7. The van der Waals surface area contributed by atoms with E-state index < -0.39 is 6.04 Å². The summed E-state index contributed by atoms with van der Waals surface area (Å²) < 4.78 is 5.18. The lowest BCUT2D eigenvalue weighted by Crippen LogP contribution is -2.52. The van der Waals surface area contributed by atoms with Gasteiger partial charge in [0.25, 0.3) is 0 Å². The fraction of sp³-hybridized carbons (Fsp3) is 0.391. The lowest BCUT2D eigenvalue weighted by atomic mass is 9.75. The van der Waals surface area contributed by atoms with E-state index >= 15 is 0 Å². The molecule has 0 aliphatic carbocycles. The van der Waals surface area contributed by atoms with Crippen LogP contribution in [0.1, 0.15) is 24.0 Å². The monoisotopic (exact) mass is 362 g/mol. The predicted molar refractivity (Wildman–Crippen MR) is 107 cm³/mol. The van der Waals surface area contributed by atoms with Gasteiger partial charge in [-0.25, -0.2) is 4.79 Å². The van der Waals surface area contributed by atoms with Gasteiger partial charge in [0.15, 0.2) is 6.04 Å². The zero-order valence-electron chi connectivity index (χ0n) is 15.8. The summed E-state index contributed by atoms with van der Waals surface area (Å²) >= 11 is 0. The van der Waals surface area contributed by atoms with E-state index in [1.807, 2.05) is 36.4 Å². The molecule has 3 saturated heterocycles. The Bertz CT molecular complexity index is 754. The summed E-state index contributed by atoms with van der Waals surface area (Å²) in [6, 6.07) is 19.8. The predicted octanol–water partition coefficient (Wildman–Crippen LogP) is 3.41. The number of carbonyl (C=O) groups excluding carboxylic acids is 1. The van der Waals surface area contributed by atoms with Gasteiger partial charge in [-0.05, 0) is 31.8 Å². The first-order chi connectivity index (χ1) is 13.3. The minimum atomic E-state index is -0.460. The number of aliphatic imine (C=N–C) groups is 1. The second-order valence-electron chi connectivity index (χ2n) is 7.48. The third kappa shape index (κ3) is 3.81. The minimum Gasteiger partial charge on any atom is -0.467 e. The topological polar surface area (TPSA) is 41.9 Å². The molecule has 2 bridgehead atoms. The van der Waals surface area contributed by atoms with Crippen LogP contribution in [0.5, 0.6) is 0 Å². The summed E-state index contributed by atoms with van der Waals surface area (Å²) in [7, 11) is 1.47. The Labute approximate surface area is 160 Å². The summed E-state index contributed by atoms with van der Waals surface area (Å²) in [4.78, 5) is 20.2. The van der Waals surface area contributed by atoms with Gasteiger partial charge in [0, 0.05) is 23.6 Å². The van der Waals surface area contributed by atoms with Gasteiger partial charge in [-0.15, -0.1) is 0 Å². The number of piperidine rings is 3. The first-order valence-corrected chi connectivity index (χ1v) is 9.75. The fourth-order valence-corrected chi connectivity index (χ4v) is 4.46. The zero-order valence-corrected chi connectivity index (χ0v) is 15.8. The van der Waals surface area contributed by atoms with Crippen molar-refractivity contribution in [3.8, 4) is 0 Å². The summed E-state index contributed by atoms with van der Waals surface area (Å²) in [5.74, 6) is 0.552. The van der Waals surface area contributed by atoms with Gasteiger partial charge >= 0.3 is 5.97 Å². The second-order valence-corrected chi connectivity index (χ2v) is 7.48. The van der Waals surface area contributed by atoms with E-state index in [0.29, 0.717) is 5.92 Å². The van der Waals surface area contributed by atoms with E-state index in [1.54, 1.807) is 0 Å². The van der Waals surface area contributed by atoms with Gasteiger partial charge in [-0.3, -0.25) is 4.99 Å². The van der Waals surface area contributed by atoms with Gasteiger partial charge in [-0.1, -0.05) is 60.7 Å². The van der Waals surface area contributed by atoms with Crippen molar-refractivity contribution in [3.63, 3.8) is 0 Å². The van der Waals surface area contributed by atoms with Crippen LogP contribution in [-0.2, 0) is 9.53 Å². The van der Waals surface area contributed by atoms with E-state index in [-0.39, 0.29) is 11.9 Å². The number of methoxy groups -OCH3 is 1. The van der Waals surface area contributed by atoms with E-state index in [4.69, 9.17) is 9.73 Å². The molecule has 4 nitrogen and oxygen atoms in total. The van der Waals surface area contributed by atoms with Gasteiger partial charge < -0.3 is 9.64 Å². The highest BCUT2D eigenvalue weighted by molar-refractivity contribution is 6.13. The number of fused-ring (bicyclic) bond motifs is 3. The minimum absolute atomic E-state index is 0.224. The third-order valence-electron chi connectivity index (χ3n) is 5.92. The Balaban J connectivity index is 1.76. The lowest BCUT2D eigenvalue weighted by molar-refractivity contribution is -0.145. The standard InChI is InChI=1S/C23H26N2O2/c1-27-23(26)22(20-16-25-14-12-17(20)13-15-25)24-21(18-8-4-2-5-9-18)19-10-6-3-7-11-19/h2-11,17,20,22H,12-16H2,1H3. The number of esters is 1. The highest BCUT2D eigenvalue weighted by atomic mass is 16.5. The Kier molecular flexibility index (Phi) is 5.35. The van der Waals surface area contributed by atoms with E-state index in [2.05, 4.69) is 29.2 Å². The average Bonchev–Trinajstić information content (AvgIpc) is 2.76. The maximum Gasteiger partial charge on any atom is 0.330 e. The molecule has 2 unspecified atom stereocenters. The van der Waals surface area contributed by atoms with E-state index in [1.165, 1.54) is 7.11 Å². The van der Waals surface area contributed by atoms with Gasteiger partial charge in [-0.2, -0.15) is 0 Å². The Hall–Kier alpha value is -2.46.